The van der Waals surface area contributed by atoms with Crippen molar-refractivity contribution in [2.45, 2.75) is 19.4 Å². The van der Waals surface area contributed by atoms with Crippen molar-refractivity contribution >= 4 is 52.2 Å². The molecular weight excluding hydrogens is 448 g/mol. The minimum Gasteiger partial charge on any atom is -0.489 e. The molecule has 0 bridgehead atoms. The van der Waals surface area contributed by atoms with E-state index in [4.69, 9.17) is 22.1 Å². The Bertz CT molecular complexity index is 1040. The smallest absolute Gasteiger partial charge is 0.303 e. The molecule has 7 nitrogen and oxygen atoms in total. The molecule has 0 atom stereocenters. The number of carbonyl (C=O) groups is 3. The zero-order chi connectivity index (χ0) is 22.9. The first kappa shape index (κ1) is 23.5. The first-order valence-corrected chi connectivity index (χ1v) is 11.2. The molecule has 0 spiro atoms. The largest absolute Gasteiger partial charge is 0.489 e. The van der Waals surface area contributed by atoms with Gasteiger partial charge in [0.1, 0.15) is 23.2 Å². The van der Waals surface area contributed by atoms with Crippen molar-refractivity contribution in [3.05, 3.63) is 70.6 Å². The number of carbonyl (C=O) groups excluding carboxylic acids is 2. The number of hydrogen-bond donors (Lipinski definition) is 2. The van der Waals surface area contributed by atoms with Gasteiger partial charge in [-0.05, 0) is 35.8 Å². The van der Waals surface area contributed by atoms with Crippen LogP contribution >= 0.6 is 24.0 Å². The maximum Gasteiger partial charge on any atom is 0.303 e. The lowest BCUT2D eigenvalue weighted by Gasteiger charge is -2.14. The molecule has 166 valence electrons. The molecule has 1 aliphatic heterocycles. The van der Waals surface area contributed by atoms with E-state index in [0.717, 1.165) is 22.9 Å². The summed E-state index contributed by atoms with van der Waals surface area (Å²) >= 11 is 6.40. The molecule has 32 heavy (non-hydrogen) atoms. The molecule has 2 amide bonds. The molecule has 0 aliphatic carbocycles. The predicted molar refractivity (Wildman–Crippen MR) is 127 cm³/mol. The monoisotopic (exact) mass is 470 g/mol. The molecule has 0 radical (unpaired) electrons. The summed E-state index contributed by atoms with van der Waals surface area (Å²) in [6.45, 7) is 0.467. The van der Waals surface area contributed by atoms with Gasteiger partial charge in [-0.25, -0.2) is 0 Å². The highest BCUT2D eigenvalue weighted by Crippen LogP contribution is 2.32. The molecule has 0 unspecified atom stereocenters. The molecule has 1 saturated heterocycles. The summed E-state index contributed by atoms with van der Waals surface area (Å²) in [5, 5.41) is 11.2. The fourth-order valence-corrected chi connectivity index (χ4v) is 4.14. The summed E-state index contributed by atoms with van der Waals surface area (Å²) in [7, 11) is 0. The predicted octanol–water partition coefficient (Wildman–Crippen LogP) is 3.45. The average molecular weight is 471 g/mol. The second kappa shape index (κ2) is 11.4. The maximum absolute atomic E-state index is 12.7. The zero-order valence-electron chi connectivity index (χ0n) is 17.2. The van der Waals surface area contributed by atoms with E-state index in [1.165, 1.54) is 4.90 Å². The van der Waals surface area contributed by atoms with Crippen LogP contribution in [-0.2, 0) is 21.0 Å². The van der Waals surface area contributed by atoms with Crippen LogP contribution in [0.5, 0.6) is 5.75 Å². The van der Waals surface area contributed by atoms with E-state index < -0.39 is 5.97 Å². The van der Waals surface area contributed by atoms with Gasteiger partial charge in [-0.2, -0.15) is 0 Å². The van der Waals surface area contributed by atoms with Crippen molar-refractivity contribution in [2.24, 2.45) is 0 Å². The Morgan fingerprint density at radius 3 is 2.69 bits per heavy atom. The summed E-state index contributed by atoms with van der Waals surface area (Å²) < 4.78 is 6.14. The van der Waals surface area contributed by atoms with E-state index in [-0.39, 0.29) is 31.3 Å². The van der Waals surface area contributed by atoms with E-state index in [9.17, 15) is 14.4 Å². The van der Waals surface area contributed by atoms with Gasteiger partial charge in [-0.15, -0.1) is 0 Å². The SMILES string of the molecule is O=C(O)CCCNC(=O)CN1C(=O)/C(=C/c2cccc(OCc3ccccc3)c2)SC1=S. The average Bonchev–Trinajstić information content (AvgIpc) is 3.03. The quantitative estimate of drug-likeness (QED) is 0.312. The second-order valence-electron chi connectivity index (χ2n) is 6.96. The lowest BCUT2D eigenvalue weighted by atomic mass is 10.2. The van der Waals surface area contributed by atoms with Crippen LogP contribution in [0.2, 0.25) is 0 Å². The van der Waals surface area contributed by atoms with Crippen LogP contribution in [0.15, 0.2) is 59.5 Å². The number of carboxylic acids is 1. The fourth-order valence-electron chi connectivity index (χ4n) is 2.89. The minimum absolute atomic E-state index is 0.0296. The van der Waals surface area contributed by atoms with E-state index in [1.54, 1.807) is 6.08 Å². The molecular formula is C23H22N2O5S2. The van der Waals surface area contributed by atoms with Gasteiger partial charge in [0.15, 0.2) is 0 Å². The van der Waals surface area contributed by atoms with Crippen LogP contribution in [0.25, 0.3) is 6.08 Å². The minimum atomic E-state index is -0.920. The van der Waals surface area contributed by atoms with Crippen LogP contribution in [0.3, 0.4) is 0 Å². The van der Waals surface area contributed by atoms with Crippen molar-refractivity contribution < 1.29 is 24.2 Å². The van der Waals surface area contributed by atoms with Crippen LogP contribution < -0.4 is 10.1 Å². The highest BCUT2D eigenvalue weighted by atomic mass is 32.2. The molecule has 1 aliphatic rings. The van der Waals surface area contributed by atoms with E-state index >= 15 is 0 Å². The van der Waals surface area contributed by atoms with E-state index in [0.29, 0.717) is 28.0 Å². The third kappa shape index (κ3) is 6.93. The Hall–Kier alpha value is -3.17. The van der Waals surface area contributed by atoms with Gasteiger partial charge in [0.2, 0.25) is 5.91 Å². The highest BCUT2D eigenvalue weighted by molar-refractivity contribution is 8.26. The van der Waals surface area contributed by atoms with E-state index in [1.807, 2.05) is 54.6 Å². The third-order valence-corrected chi connectivity index (χ3v) is 5.85. The summed E-state index contributed by atoms with van der Waals surface area (Å²) in [4.78, 5) is 37.0. The van der Waals surface area contributed by atoms with Crippen LogP contribution in [0.1, 0.15) is 24.0 Å². The van der Waals surface area contributed by atoms with Crippen LogP contribution in [0.4, 0.5) is 0 Å². The normalized spacial score (nSPS) is 14.6. The number of benzene rings is 2. The van der Waals surface area contributed by atoms with Crippen LogP contribution in [0, 0.1) is 0 Å². The number of aliphatic carboxylic acids is 1. The number of thiocarbonyl (C=S) groups is 1. The number of nitrogens with one attached hydrogen (secondary N) is 1. The lowest BCUT2D eigenvalue weighted by molar-refractivity contribution is -0.137. The van der Waals surface area contributed by atoms with Gasteiger partial charge in [-0.3, -0.25) is 19.3 Å². The lowest BCUT2D eigenvalue weighted by Crippen LogP contribution is -2.39. The molecule has 1 heterocycles. The Kier molecular flexibility index (Phi) is 8.41. The van der Waals surface area contributed by atoms with Gasteiger partial charge in [0, 0.05) is 13.0 Å². The Labute approximate surface area is 195 Å². The van der Waals surface area contributed by atoms with Gasteiger partial charge in [0.05, 0.1) is 4.91 Å². The van der Waals surface area contributed by atoms with Gasteiger partial charge in [0.25, 0.3) is 5.91 Å². The molecule has 3 rings (SSSR count). The summed E-state index contributed by atoms with van der Waals surface area (Å²) in [6, 6.07) is 17.2. The molecule has 2 aromatic carbocycles. The summed E-state index contributed by atoms with van der Waals surface area (Å²) in [5.74, 6) is -0.963. The number of ether oxygens (including phenoxy) is 1. The first-order valence-electron chi connectivity index (χ1n) is 9.93. The summed E-state index contributed by atoms with van der Waals surface area (Å²) in [5.41, 5.74) is 1.84. The summed E-state index contributed by atoms with van der Waals surface area (Å²) in [6.07, 6.45) is 2.01. The van der Waals surface area contributed by atoms with E-state index in [2.05, 4.69) is 5.32 Å². The molecule has 0 saturated carbocycles. The van der Waals surface area contributed by atoms with Crippen molar-refractivity contribution in [3.8, 4) is 5.75 Å². The number of rotatable bonds is 10. The third-order valence-electron chi connectivity index (χ3n) is 4.47. The second-order valence-corrected chi connectivity index (χ2v) is 8.64. The maximum atomic E-state index is 12.7. The highest BCUT2D eigenvalue weighted by Gasteiger charge is 2.33. The van der Waals surface area contributed by atoms with Gasteiger partial charge >= 0.3 is 5.97 Å². The molecule has 1 fully saturated rings. The number of carboxylic acid groups (broad SMARTS) is 1. The van der Waals surface area contributed by atoms with Gasteiger partial charge < -0.3 is 15.2 Å². The zero-order valence-corrected chi connectivity index (χ0v) is 18.8. The Morgan fingerprint density at radius 2 is 1.94 bits per heavy atom. The standard InChI is InChI=1S/C23H22N2O5S2/c26-20(24-11-5-10-21(27)28)14-25-22(29)19(32-23(25)31)13-17-8-4-9-18(12-17)30-15-16-6-2-1-3-7-16/h1-4,6-9,12-13H,5,10-11,14-15H2,(H,24,26)(H,27,28)/b19-13-. The fraction of sp³-hybridized carbons (Fsp3) is 0.217. The Balaban J connectivity index is 1.58. The van der Waals surface area contributed by atoms with Crippen LogP contribution in [-0.4, -0.2) is 45.2 Å². The number of thioether (sulfide) groups is 1. The molecule has 9 heteroatoms. The first-order chi connectivity index (χ1) is 15.4. The van der Waals surface area contributed by atoms with Crippen molar-refractivity contribution in [1.82, 2.24) is 10.2 Å². The topological polar surface area (TPSA) is 95.9 Å². The number of amides is 2. The molecule has 2 N–H and O–H groups in total. The van der Waals surface area contributed by atoms with Crippen molar-refractivity contribution in [3.63, 3.8) is 0 Å². The molecule has 0 aromatic heterocycles. The number of nitrogens with zero attached hydrogens (tertiary/aromatic N) is 1. The molecule has 2 aromatic rings. The Morgan fingerprint density at radius 1 is 1.16 bits per heavy atom. The van der Waals surface area contributed by atoms with Crippen molar-refractivity contribution in [2.75, 3.05) is 13.1 Å². The van der Waals surface area contributed by atoms with Gasteiger partial charge in [-0.1, -0.05) is 66.4 Å². The van der Waals surface area contributed by atoms with Crippen molar-refractivity contribution in [1.29, 1.82) is 0 Å². The number of hydrogen-bond acceptors (Lipinski definition) is 6.